The van der Waals surface area contributed by atoms with Crippen molar-refractivity contribution in [2.24, 2.45) is 5.84 Å². The third-order valence-corrected chi connectivity index (χ3v) is 4.50. The van der Waals surface area contributed by atoms with Gasteiger partial charge >= 0.3 is 0 Å². The summed E-state index contributed by atoms with van der Waals surface area (Å²) in [5.74, 6) is 5.71. The minimum atomic E-state index is 0.0983. The molecule has 0 amide bonds. The number of nitrogens with one attached hydrogen (secondary N) is 1. The lowest BCUT2D eigenvalue weighted by atomic mass is 10.0. The summed E-state index contributed by atoms with van der Waals surface area (Å²) in [4.78, 5) is 2.68. The van der Waals surface area contributed by atoms with Gasteiger partial charge < -0.3 is 0 Å². The number of hydrazine groups is 1. The molecule has 0 spiro atoms. The van der Waals surface area contributed by atoms with Gasteiger partial charge in [0.2, 0.25) is 0 Å². The first-order valence-electron chi connectivity index (χ1n) is 6.42. The fourth-order valence-corrected chi connectivity index (χ4v) is 3.07. The summed E-state index contributed by atoms with van der Waals surface area (Å²) >= 11 is 1.83. The molecular formula is C15H20N2S. The monoisotopic (exact) mass is 260 g/mol. The molecule has 2 aromatic rings. The standard InChI is InChI=1S/C15H20N2S/c1-3-11-5-7-12(8-6-11)15(17-16)14-10-9-13(4-2)18-14/h5-10,15,17H,3-4,16H2,1-2H3. The molecule has 2 nitrogen and oxygen atoms in total. The van der Waals surface area contributed by atoms with Crippen LogP contribution in [0.1, 0.15) is 40.8 Å². The number of benzene rings is 1. The van der Waals surface area contributed by atoms with Crippen LogP contribution in [0.4, 0.5) is 0 Å². The van der Waals surface area contributed by atoms with E-state index in [1.807, 2.05) is 11.3 Å². The molecule has 0 saturated heterocycles. The van der Waals surface area contributed by atoms with Crippen molar-refractivity contribution < 1.29 is 0 Å². The van der Waals surface area contributed by atoms with Gasteiger partial charge in [0.05, 0.1) is 6.04 Å². The topological polar surface area (TPSA) is 38.0 Å². The molecule has 1 heterocycles. The Labute approximate surface area is 113 Å². The van der Waals surface area contributed by atoms with Crippen LogP contribution in [0.5, 0.6) is 0 Å². The van der Waals surface area contributed by atoms with Gasteiger partial charge in [0.25, 0.3) is 0 Å². The van der Waals surface area contributed by atoms with Crippen LogP contribution in [0, 0.1) is 0 Å². The quantitative estimate of drug-likeness (QED) is 0.638. The second kappa shape index (κ2) is 6.14. The van der Waals surface area contributed by atoms with Crippen molar-refractivity contribution in [2.45, 2.75) is 32.7 Å². The van der Waals surface area contributed by atoms with Gasteiger partial charge in [0.1, 0.15) is 0 Å². The van der Waals surface area contributed by atoms with Crippen LogP contribution in [0.25, 0.3) is 0 Å². The summed E-state index contributed by atoms with van der Waals surface area (Å²) in [6, 6.07) is 13.1. The number of thiophene rings is 1. The van der Waals surface area contributed by atoms with Crippen molar-refractivity contribution in [2.75, 3.05) is 0 Å². The highest BCUT2D eigenvalue weighted by Gasteiger charge is 2.14. The fraction of sp³-hybridized carbons (Fsp3) is 0.333. The second-order valence-corrected chi connectivity index (χ2v) is 5.55. The Morgan fingerprint density at radius 3 is 2.28 bits per heavy atom. The van der Waals surface area contributed by atoms with Crippen molar-refractivity contribution in [3.63, 3.8) is 0 Å². The summed E-state index contributed by atoms with van der Waals surface area (Å²) in [6.45, 7) is 4.34. The number of aryl methyl sites for hydroxylation is 2. The molecule has 0 bridgehead atoms. The Morgan fingerprint density at radius 1 is 1.06 bits per heavy atom. The first-order chi connectivity index (χ1) is 8.78. The zero-order valence-electron chi connectivity index (χ0n) is 10.9. The Balaban J connectivity index is 2.26. The number of rotatable bonds is 5. The molecule has 0 aliphatic carbocycles. The van der Waals surface area contributed by atoms with E-state index in [-0.39, 0.29) is 6.04 Å². The summed E-state index contributed by atoms with van der Waals surface area (Å²) in [5.41, 5.74) is 5.50. The van der Waals surface area contributed by atoms with Gasteiger partial charge in [-0.25, -0.2) is 5.43 Å². The van der Waals surface area contributed by atoms with Crippen LogP contribution < -0.4 is 11.3 Å². The van der Waals surface area contributed by atoms with E-state index in [1.165, 1.54) is 20.9 Å². The highest BCUT2D eigenvalue weighted by molar-refractivity contribution is 7.12. The lowest BCUT2D eigenvalue weighted by Crippen LogP contribution is -2.28. The van der Waals surface area contributed by atoms with Crippen LogP contribution in [-0.4, -0.2) is 0 Å². The maximum absolute atomic E-state index is 5.71. The predicted octanol–water partition coefficient (Wildman–Crippen LogP) is 3.43. The van der Waals surface area contributed by atoms with E-state index in [0.717, 1.165) is 12.8 Å². The minimum absolute atomic E-state index is 0.0983. The lowest BCUT2D eigenvalue weighted by molar-refractivity contribution is 0.646. The molecule has 0 aliphatic rings. The van der Waals surface area contributed by atoms with Gasteiger partial charge in [-0.05, 0) is 36.1 Å². The van der Waals surface area contributed by atoms with Gasteiger partial charge in [-0.3, -0.25) is 5.84 Å². The Bertz CT molecular complexity index is 487. The fourth-order valence-electron chi connectivity index (χ4n) is 2.03. The summed E-state index contributed by atoms with van der Waals surface area (Å²) in [6.07, 6.45) is 2.15. The zero-order chi connectivity index (χ0) is 13.0. The molecule has 1 unspecified atom stereocenters. The first kappa shape index (κ1) is 13.3. The van der Waals surface area contributed by atoms with Gasteiger partial charge in [-0.15, -0.1) is 11.3 Å². The van der Waals surface area contributed by atoms with E-state index in [1.54, 1.807) is 0 Å². The Morgan fingerprint density at radius 2 is 1.78 bits per heavy atom. The SMILES string of the molecule is CCc1ccc(C(NN)c2ccc(CC)s2)cc1. The van der Waals surface area contributed by atoms with Crippen LogP contribution >= 0.6 is 11.3 Å². The van der Waals surface area contributed by atoms with Crippen LogP contribution in [0.2, 0.25) is 0 Å². The Hall–Kier alpha value is -1.16. The molecule has 0 saturated carbocycles. The average Bonchev–Trinajstić information content (AvgIpc) is 2.89. The third-order valence-electron chi connectivity index (χ3n) is 3.20. The van der Waals surface area contributed by atoms with Crippen LogP contribution in [0.15, 0.2) is 36.4 Å². The summed E-state index contributed by atoms with van der Waals surface area (Å²) in [5, 5.41) is 0. The number of hydrogen-bond donors (Lipinski definition) is 2. The van der Waals surface area contributed by atoms with Crippen molar-refractivity contribution >= 4 is 11.3 Å². The summed E-state index contributed by atoms with van der Waals surface area (Å²) in [7, 11) is 0. The molecule has 1 atom stereocenters. The number of nitrogens with two attached hydrogens (primary N) is 1. The largest absolute Gasteiger partial charge is 0.271 e. The highest BCUT2D eigenvalue weighted by Crippen LogP contribution is 2.28. The molecule has 0 aliphatic heterocycles. The molecule has 3 N–H and O–H groups in total. The zero-order valence-corrected chi connectivity index (χ0v) is 11.8. The van der Waals surface area contributed by atoms with Crippen molar-refractivity contribution in [3.05, 3.63) is 57.3 Å². The van der Waals surface area contributed by atoms with E-state index in [9.17, 15) is 0 Å². The first-order valence-corrected chi connectivity index (χ1v) is 7.23. The van der Waals surface area contributed by atoms with E-state index >= 15 is 0 Å². The van der Waals surface area contributed by atoms with Gasteiger partial charge in [-0.2, -0.15) is 0 Å². The Kier molecular flexibility index (Phi) is 4.53. The molecule has 1 aromatic heterocycles. The lowest BCUT2D eigenvalue weighted by Gasteiger charge is -2.15. The van der Waals surface area contributed by atoms with E-state index in [0.29, 0.717) is 0 Å². The minimum Gasteiger partial charge on any atom is -0.271 e. The maximum atomic E-state index is 5.71. The highest BCUT2D eigenvalue weighted by atomic mass is 32.1. The van der Waals surface area contributed by atoms with Gasteiger partial charge in [0.15, 0.2) is 0 Å². The van der Waals surface area contributed by atoms with Crippen LogP contribution in [0.3, 0.4) is 0 Å². The van der Waals surface area contributed by atoms with Crippen LogP contribution in [-0.2, 0) is 12.8 Å². The molecule has 0 fully saturated rings. The predicted molar refractivity (Wildman–Crippen MR) is 78.7 cm³/mol. The summed E-state index contributed by atoms with van der Waals surface area (Å²) < 4.78 is 0. The second-order valence-electron chi connectivity index (χ2n) is 4.35. The number of hydrogen-bond acceptors (Lipinski definition) is 3. The maximum Gasteiger partial charge on any atom is 0.0802 e. The smallest absolute Gasteiger partial charge is 0.0802 e. The van der Waals surface area contributed by atoms with E-state index < -0.39 is 0 Å². The van der Waals surface area contributed by atoms with Crippen molar-refractivity contribution in [1.82, 2.24) is 5.43 Å². The molecular weight excluding hydrogens is 240 g/mol. The molecule has 3 heteroatoms. The molecule has 2 rings (SSSR count). The molecule has 0 radical (unpaired) electrons. The third kappa shape index (κ3) is 2.80. The van der Waals surface area contributed by atoms with Crippen molar-refractivity contribution in [1.29, 1.82) is 0 Å². The average molecular weight is 260 g/mol. The molecule has 18 heavy (non-hydrogen) atoms. The normalized spacial score (nSPS) is 12.6. The van der Waals surface area contributed by atoms with E-state index in [4.69, 9.17) is 5.84 Å². The van der Waals surface area contributed by atoms with Crippen molar-refractivity contribution in [3.8, 4) is 0 Å². The van der Waals surface area contributed by atoms with E-state index in [2.05, 4.69) is 55.7 Å². The molecule has 96 valence electrons. The van der Waals surface area contributed by atoms with Gasteiger partial charge in [-0.1, -0.05) is 38.1 Å². The van der Waals surface area contributed by atoms with Gasteiger partial charge in [0, 0.05) is 9.75 Å². The molecule has 1 aromatic carbocycles.